The van der Waals surface area contributed by atoms with Gasteiger partial charge in [-0.05, 0) is 34.2 Å². The van der Waals surface area contributed by atoms with E-state index in [0.29, 0.717) is 9.26 Å². The van der Waals surface area contributed by atoms with Crippen LogP contribution < -0.4 is 0 Å². The minimum absolute atomic E-state index is 0.231. The van der Waals surface area contributed by atoms with Gasteiger partial charge in [0.05, 0.1) is 12.7 Å². The summed E-state index contributed by atoms with van der Waals surface area (Å²) in [7, 11) is 1.13. The van der Waals surface area contributed by atoms with Crippen molar-refractivity contribution in [3.05, 3.63) is 26.6 Å². The van der Waals surface area contributed by atoms with Gasteiger partial charge in [-0.2, -0.15) is 0 Å². The number of aromatic nitrogens is 1. The lowest BCUT2D eigenvalue weighted by molar-refractivity contribution is 0.0581. The Bertz CT molecular complexity index is 415. The molecule has 0 aliphatic carbocycles. The Labute approximate surface area is 113 Å². The van der Waals surface area contributed by atoms with Gasteiger partial charge < -0.3 is 4.74 Å². The smallest absolute Gasteiger partial charge is 0.357 e. The van der Waals surface area contributed by atoms with Crippen LogP contribution in [-0.4, -0.2) is 18.1 Å². The molecule has 3 nitrogen and oxygen atoms in total. The quantitative estimate of drug-likeness (QED) is 0.335. The van der Waals surface area contributed by atoms with Gasteiger partial charge in [0.15, 0.2) is 5.69 Å². The molecule has 0 aliphatic heterocycles. The molecule has 0 amide bonds. The number of hydrogen-bond donors (Lipinski definition) is 0. The summed E-state index contributed by atoms with van der Waals surface area (Å²) >= 11 is 4.96. The van der Waals surface area contributed by atoms with Gasteiger partial charge in [0.2, 0.25) is 0 Å². The summed E-state index contributed by atoms with van der Waals surface area (Å²) in [4.78, 5) is 15.1. The number of nitrogens with zero attached hydrogens (tertiary/aromatic N) is 1. The predicted molar refractivity (Wildman–Crippen MR) is 65.9 cm³/mol. The molecule has 1 rings (SSSR count). The molecule has 0 bridgehead atoms. The minimum Gasteiger partial charge on any atom is -0.464 e. The van der Waals surface area contributed by atoms with Crippen molar-refractivity contribution >= 4 is 44.5 Å². The fourth-order valence-corrected chi connectivity index (χ4v) is 2.26. The monoisotopic (exact) mass is 405 g/mol. The Hall–Kier alpha value is -0.310. The van der Waals surface area contributed by atoms with E-state index in [2.05, 4.69) is 25.7 Å². The van der Waals surface area contributed by atoms with Gasteiger partial charge in [-0.25, -0.2) is 18.6 Å². The molecule has 1 aromatic heterocycles. The number of pyridine rings is 1. The summed E-state index contributed by atoms with van der Waals surface area (Å²) in [5.41, 5.74) is -0.349. The summed E-state index contributed by atoms with van der Waals surface area (Å²) < 4.78 is 30.6. The van der Waals surface area contributed by atoms with Crippen LogP contribution in [0, 0.1) is 3.70 Å². The summed E-state index contributed by atoms with van der Waals surface area (Å²) in [6.45, 7) is 0. The summed E-state index contributed by atoms with van der Waals surface area (Å²) in [6, 6.07) is 1.50. The van der Waals surface area contributed by atoms with Gasteiger partial charge in [0, 0.05) is 5.33 Å². The third kappa shape index (κ3) is 2.88. The lowest BCUT2D eigenvalue weighted by atomic mass is 10.1. The zero-order chi connectivity index (χ0) is 12.3. The van der Waals surface area contributed by atoms with Gasteiger partial charge in [-0.1, -0.05) is 15.9 Å². The first-order valence-corrected chi connectivity index (χ1v) is 6.33. The first-order chi connectivity index (χ1) is 7.51. The number of methoxy groups -OCH3 is 1. The van der Waals surface area contributed by atoms with Crippen LogP contribution >= 0.6 is 38.5 Å². The zero-order valence-electron chi connectivity index (χ0n) is 8.14. The molecule has 0 unspecified atom stereocenters. The molecule has 0 fully saturated rings. The highest BCUT2D eigenvalue weighted by Gasteiger charge is 2.24. The molecule has 0 aromatic carbocycles. The van der Waals surface area contributed by atoms with Gasteiger partial charge in [0.25, 0.3) is 6.43 Å². The van der Waals surface area contributed by atoms with E-state index in [1.54, 1.807) is 0 Å². The summed E-state index contributed by atoms with van der Waals surface area (Å²) in [6.07, 6.45) is -2.76. The van der Waals surface area contributed by atoms with Crippen molar-refractivity contribution in [2.45, 2.75) is 11.8 Å². The number of alkyl halides is 3. The fraction of sp³-hybridized carbons (Fsp3) is 0.333. The van der Waals surface area contributed by atoms with Crippen LogP contribution in [0.1, 0.15) is 28.0 Å². The molecule has 0 N–H and O–H groups in total. The van der Waals surface area contributed by atoms with Crippen LogP contribution in [0.2, 0.25) is 0 Å². The Balaban J connectivity index is 3.44. The molecule has 0 aliphatic rings. The number of carbonyl (C=O) groups is 1. The second kappa shape index (κ2) is 5.85. The van der Waals surface area contributed by atoms with Gasteiger partial charge in [-0.3, -0.25) is 0 Å². The first kappa shape index (κ1) is 13.8. The number of ether oxygens (including phenoxy) is 1. The second-order valence-electron chi connectivity index (χ2n) is 2.79. The van der Waals surface area contributed by atoms with E-state index in [0.717, 1.165) is 7.11 Å². The maximum Gasteiger partial charge on any atom is 0.357 e. The molecule has 0 saturated heterocycles. The molecule has 0 atom stereocenters. The van der Waals surface area contributed by atoms with Crippen LogP contribution in [0.5, 0.6) is 0 Å². The largest absolute Gasteiger partial charge is 0.464 e. The van der Waals surface area contributed by atoms with E-state index in [-0.39, 0.29) is 16.6 Å². The Morgan fingerprint density at radius 2 is 2.31 bits per heavy atom. The molecule has 0 spiro atoms. The molecule has 16 heavy (non-hydrogen) atoms. The SMILES string of the molecule is COC(=O)c1nc(I)cc(CBr)c1C(F)F. The Morgan fingerprint density at radius 1 is 1.69 bits per heavy atom. The van der Waals surface area contributed by atoms with Crippen molar-refractivity contribution in [2.24, 2.45) is 0 Å². The van der Waals surface area contributed by atoms with Gasteiger partial charge in [-0.15, -0.1) is 0 Å². The standard InChI is InChI=1S/C9H7BrF2INO2/c1-16-9(15)7-6(8(11)12)4(3-10)2-5(13)14-7/h2,8H,3H2,1H3. The number of halogens is 4. The van der Waals surface area contributed by atoms with E-state index in [9.17, 15) is 13.6 Å². The number of rotatable bonds is 3. The maximum absolute atomic E-state index is 12.8. The van der Waals surface area contributed by atoms with Crippen LogP contribution in [0.15, 0.2) is 6.07 Å². The van der Waals surface area contributed by atoms with Crippen molar-refractivity contribution < 1.29 is 18.3 Å². The molecule has 0 radical (unpaired) electrons. The molecular weight excluding hydrogens is 399 g/mol. The van der Waals surface area contributed by atoms with Crippen molar-refractivity contribution in [3.63, 3.8) is 0 Å². The third-order valence-electron chi connectivity index (χ3n) is 1.85. The Kier molecular flexibility index (Phi) is 5.03. The second-order valence-corrected chi connectivity index (χ2v) is 4.46. The van der Waals surface area contributed by atoms with Crippen molar-refractivity contribution in [2.75, 3.05) is 7.11 Å². The number of hydrogen-bond acceptors (Lipinski definition) is 3. The minimum atomic E-state index is -2.76. The van der Waals surface area contributed by atoms with Crippen LogP contribution in [0.4, 0.5) is 8.78 Å². The van der Waals surface area contributed by atoms with E-state index >= 15 is 0 Å². The van der Waals surface area contributed by atoms with E-state index < -0.39 is 12.4 Å². The van der Waals surface area contributed by atoms with Gasteiger partial charge >= 0.3 is 5.97 Å². The third-order valence-corrected chi connectivity index (χ3v) is 3.01. The maximum atomic E-state index is 12.8. The normalized spacial score (nSPS) is 10.6. The molecule has 1 heterocycles. The fourth-order valence-electron chi connectivity index (χ4n) is 1.18. The zero-order valence-corrected chi connectivity index (χ0v) is 11.9. The topological polar surface area (TPSA) is 39.2 Å². The molecule has 88 valence electrons. The highest BCUT2D eigenvalue weighted by molar-refractivity contribution is 14.1. The summed E-state index contributed by atoms with van der Waals surface area (Å²) in [5, 5.41) is 0.231. The summed E-state index contributed by atoms with van der Waals surface area (Å²) in [5.74, 6) is -0.851. The van der Waals surface area contributed by atoms with E-state index in [1.165, 1.54) is 6.07 Å². The number of carbonyl (C=O) groups excluding carboxylic acids is 1. The highest BCUT2D eigenvalue weighted by Crippen LogP contribution is 2.28. The highest BCUT2D eigenvalue weighted by atomic mass is 127. The molecule has 1 aromatic rings. The average Bonchev–Trinajstić information content (AvgIpc) is 2.26. The molecule has 7 heteroatoms. The average molecular weight is 406 g/mol. The lowest BCUT2D eigenvalue weighted by Gasteiger charge is -2.11. The van der Waals surface area contributed by atoms with Crippen LogP contribution in [-0.2, 0) is 10.1 Å². The van der Waals surface area contributed by atoms with Crippen LogP contribution in [0.25, 0.3) is 0 Å². The van der Waals surface area contributed by atoms with Crippen LogP contribution in [0.3, 0.4) is 0 Å². The Morgan fingerprint density at radius 3 is 2.75 bits per heavy atom. The lowest BCUT2D eigenvalue weighted by Crippen LogP contribution is -2.12. The first-order valence-electron chi connectivity index (χ1n) is 4.13. The van der Waals surface area contributed by atoms with E-state index in [4.69, 9.17) is 0 Å². The number of esters is 1. The van der Waals surface area contributed by atoms with Crippen molar-refractivity contribution in [3.8, 4) is 0 Å². The van der Waals surface area contributed by atoms with Gasteiger partial charge in [0.1, 0.15) is 3.70 Å². The molecule has 0 saturated carbocycles. The van der Waals surface area contributed by atoms with Crippen molar-refractivity contribution in [1.82, 2.24) is 4.98 Å². The molecular formula is C9H7BrF2INO2. The van der Waals surface area contributed by atoms with E-state index in [1.807, 2.05) is 22.6 Å². The predicted octanol–water partition coefficient (Wildman–Crippen LogP) is 3.31. The van der Waals surface area contributed by atoms with Crippen molar-refractivity contribution in [1.29, 1.82) is 0 Å².